The number of rotatable bonds is 7. The van der Waals surface area contributed by atoms with Gasteiger partial charge in [0, 0.05) is 0 Å². The van der Waals surface area contributed by atoms with Gasteiger partial charge in [0.25, 0.3) is 0 Å². The number of hydrogen-bond donors (Lipinski definition) is 0. The molecular weight excluding hydrogens is 467 g/mol. The van der Waals surface area contributed by atoms with Crippen molar-refractivity contribution >= 4 is 26.4 Å². The molecule has 0 aromatic heterocycles. The molecule has 0 aliphatic heterocycles. The van der Waals surface area contributed by atoms with Crippen molar-refractivity contribution < 1.29 is 31.2 Å². The minimum Gasteiger partial charge on any atom is -0.516 e. The molecule has 4 rings (SSSR count). The summed E-state index contributed by atoms with van der Waals surface area (Å²) >= 11 is 0. The molecule has 2 aliphatic carbocycles. The first-order valence-electron chi connectivity index (χ1n) is 11.3. The molecule has 2 bridgehead atoms. The van der Waals surface area contributed by atoms with Crippen LogP contribution in [0.1, 0.15) is 40.7 Å². The highest BCUT2D eigenvalue weighted by atomic mass is 28.4. The van der Waals surface area contributed by atoms with Crippen LogP contribution in [0.2, 0.25) is 19.1 Å². The molecule has 8 heteroatoms. The number of hydrogen-bond acceptors (Lipinski definition) is 2. The highest BCUT2D eigenvalue weighted by Gasteiger charge is 2.37. The molecule has 2 aliphatic rings. The second-order valence-electron chi connectivity index (χ2n) is 9.67. The predicted molar refractivity (Wildman–Crippen MR) is 123 cm³/mol. The van der Waals surface area contributed by atoms with E-state index < -0.39 is 48.9 Å². The smallest absolute Gasteiger partial charge is 0.324 e. The molecule has 0 radical (unpaired) electrons. The lowest BCUT2D eigenvalue weighted by atomic mass is 9.91. The second kappa shape index (κ2) is 9.48. The van der Waals surface area contributed by atoms with Gasteiger partial charge < -0.3 is 4.43 Å². The number of benzene rings is 2. The Morgan fingerprint density at radius 2 is 1.53 bits per heavy atom. The molecule has 1 saturated carbocycles. The van der Waals surface area contributed by atoms with Crippen LogP contribution < -0.4 is 0 Å². The van der Waals surface area contributed by atoms with E-state index in [1.165, 1.54) is 43.2 Å². The normalized spacial score (nSPS) is 21.6. The lowest BCUT2D eigenvalue weighted by Crippen LogP contribution is -2.34. The second-order valence-corrected chi connectivity index (χ2v) is 13.9. The monoisotopic (exact) mass is 492 g/mol. The van der Waals surface area contributed by atoms with E-state index in [4.69, 9.17) is 4.43 Å². The minimum absolute atomic E-state index is 0.330. The third-order valence-electron chi connectivity index (χ3n) is 6.74. The maximum Gasteiger partial charge on any atom is 0.324 e. The van der Waals surface area contributed by atoms with E-state index in [0.29, 0.717) is 28.9 Å². The summed E-state index contributed by atoms with van der Waals surface area (Å²) in [5.41, 5.74) is -0.281. The highest BCUT2D eigenvalue weighted by molar-refractivity contribution is 6.72. The number of carbonyl (C=O) groups excluding carboxylic acids is 1. The minimum atomic E-state index is -2.22. The van der Waals surface area contributed by atoms with Crippen molar-refractivity contribution in [3.8, 4) is 0 Å². The first-order chi connectivity index (χ1) is 16.1. The van der Waals surface area contributed by atoms with E-state index in [-0.39, 0.29) is 0 Å². The molecule has 2 nitrogen and oxygen atoms in total. The Morgan fingerprint density at radius 3 is 2.09 bits per heavy atom. The molecule has 1 fully saturated rings. The van der Waals surface area contributed by atoms with Crippen LogP contribution in [0.15, 0.2) is 36.4 Å². The molecule has 0 heterocycles. The van der Waals surface area contributed by atoms with Crippen LogP contribution in [0, 0.1) is 46.8 Å². The lowest BCUT2D eigenvalue weighted by molar-refractivity contribution is 0.0721. The molecule has 2 aromatic rings. The van der Waals surface area contributed by atoms with Crippen LogP contribution in [0.5, 0.6) is 0 Å². The molecule has 0 saturated heterocycles. The molecular formula is C26H25F5O2Si. The van der Waals surface area contributed by atoms with Crippen LogP contribution >= 0.6 is 0 Å². The third kappa shape index (κ3) is 5.01. The van der Waals surface area contributed by atoms with Crippen LogP contribution in [0.4, 0.5) is 22.0 Å². The lowest BCUT2D eigenvalue weighted by Gasteiger charge is -2.26. The molecule has 0 amide bonds. The predicted octanol–water partition coefficient (Wildman–Crippen LogP) is 7.52. The van der Waals surface area contributed by atoms with Crippen LogP contribution in [0.25, 0.3) is 12.2 Å². The molecule has 0 N–H and O–H groups in total. The van der Waals surface area contributed by atoms with E-state index in [0.717, 1.165) is 18.5 Å². The van der Waals surface area contributed by atoms with Gasteiger partial charge in [0.1, 0.15) is 0 Å². The average molecular weight is 493 g/mol. The molecule has 0 spiro atoms. The first-order valence-corrected chi connectivity index (χ1v) is 14.4. The zero-order chi connectivity index (χ0) is 24.6. The quantitative estimate of drug-likeness (QED) is 0.0998. The van der Waals surface area contributed by atoms with Gasteiger partial charge in [0.15, 0.2) is 23.3 Å². The zero-order valence-electron chi connectivity index (χ0n) is 18.9. The van der Waals surface area contributed by atoms with Gasteiger partial charge in [0.2, 0.25) is 14.1 Å². The van der Waals surface area contributed by atoms with Crippen molar-refractivity contribution in [3.63, 3.8) is 0 Å². The maximum absolute atomic E-state index is 13.8. The number of halogens is 5. The Balaban J connectivity index is 1.37. The standard InChI is InChI=1S/C26H25F5O2Si/c1-34(2,12-11-19-14-16-5-9-18(19)13-16)33-26(32)17-7-3-15(4-8-17)6-10-20-21(27)23(29)25(31)24(30)22(20)28/h3-10,16,18-19H,11-14H2,1-2H3/b10-6+. The van der Waals surface area contributed by atoms with E-state index in [1.807, 2.05) is 13.1 Å². The van der Waals surface area contributed by atoms with Crippen molar-refractivity contribution in [3.05, 3.63) is 82.2 Å². The van der Waals surface area contributed by atoms with Crippen molar-refractivity contribution in [2.24, 2.45) is 17.8 Å². The summed E-state index contributed by atoms with van der Waals surface area (Å²) in [7, 11) is -2.22. The summed E-state index contributed by atoms with van der Waals surface area (Å²) in [6.07, 6.45) is 10.2. The van der Waals surface area contributed by atoms with Gasteiger partial charge in [-0.2, -0.15) is 0 Å². The first kappa shape index (κ1) is 24.4. The van der Waals surface area contributed by atoms with E-state index in [1.54, 1.807) is 0 Å². The van der Waals surface area contributed by atoms with Gasteiger partial charge in [-0.15, -0.1) is 0 Å². The SMILES string of the molecule is C[Si](C)(CCC1CC2C=CC1C2)OC(=O)c1ccc(/C=C/c2c(F)c(F)c(F)c(F)c2F)cc1. The van der Waals surface area contributed by atoms with E-state index in [2.05, 4.69) is 12.2 Å². The number of fused-ring (bicyclic) bond motifs is 2. The van der Waals surface area contributed by atoms with Gasteiger partial charge in [-0.3, -0.25) is 0 Å². The van der Waals surface area contributed by atoms with Crippen LogP contribution in [-0.4, -0.2) is 14.3 Å². The van der Waals surface area contributed by atoms with Gasteiger partial charge >= 0.3 is 5.97 Å². The van der Waals surface area contributed by atoms with Crippen molar-refractivity contribution in [2.45, 2.75) is 38.4 Å². The molecule has 3 unspecified atom stereocenters. The summed E-state index contributed by atoms with van der Waals surface area (Å²) in [5, 5.41) is 0. The maximum atomic E-state index is 13.8. The fraction of sp³-hybridized carbons (Fsp3) is 0.346. The zero-order valence-corrected chi connectivity index (χ0v) is 19.9. The fourth-order valence-corrected chi connectivity index (χ4v) is 6.59. The Kier molecular flexibility index (Phi) is 6.80. The Hall–Kier alpha value is -2.74. The third-order valence-corrected chi connectivity index (χ3v) is 8.97. The summed E-state index contributed by atoms with van der Waals surface area (Å²) in [6, 6.07) is 6.92. The van der Waals surface area contributed by atoms with Crippen LogP contribution in [-0.2, 0) is 4.43 Å². The Morgan fingerprint density at radius 1 is 0.912 bits per heavy atom. The van der Waals surface area contributed by atoms with Gasteiger partial charge in [0.05, 0.1) is 11.1 Å². The van der Waals surface area contributed by atoms with Crippen molar-refractivity contribution in [2.75, 3.05) is 0 Å². The summed E-state index contributed by atoms with van der Waals surface area (Å²) in [4.78, 5) is 12.6. The van der Waals surface area contributed by atoms with E-state index in [9.17, 15) is 26.7 Å². The van der Waals surface area contributed by atoms with Crippen molar-refractivity contribution in [1.29, 1.82) is 0 Å². The Labute approximate surface area is 196 Å². The molecule has 180 valence electrons. The fourth-order valence-electron chi connectivity index (χ4n) is 4.80. The summed E-state index contributed by atoms with van der Waals surface area (Å²) < 4.78 is 73.3. The van der Waals surface area contributed by atoms with Gasteiger partial charge in [-0.05, 0) is 79.9 Å². The average Bonchev–Trinajstić information content (AvgIpc) is 3.44. The van der Waals surface area contributed by atoms with Crippen molar-refractivity contribution in [1.82, 2.24) is 0 Å². The largest absolute Gasteiger partial charge is 0.516 e. The molecule has 34 heavy (non-hydrogen) atoms. The van der Waals surface area contributed by atoms with Gasteiger partial charge in [-0.25, -0.2) is 26.7 Å². The molecule has 2 aromatic carbocycles. The van der Waals surface area contributed by atoms with Gasteiger partial charge in [-0.1, -0.05) is 30.4 Å². The topological polar surface area (TPSA) is 26.3 Å². The number of carbonyl (C=O) groups is 1. The van der Waals surface area contributed by atoms with E-state index >= 15 is 0 Å². The Bertz CT molecular complexity index is 1130. The van der Waals surface area contributed by atoms with Crippen LogP contribution in [0.3, 0.4) is 0 Å². The highest BCUT2D eigenvalue weighted by Crippen LogP contribution is 2.46. The summed E-state index contributed by atoms with van der Waals surface area (Å²) in [5.74, 6) is -8.39. The number of allylic oxidation sites excluding steroid dienone is 2. The summed E-state index contributed by atoms with van der Waals surface area (Å²) in [6.45, 7) is 4.05. The molecule has 3 atom stereocenters.